The lowest BCUT2D eigenvalue weighted by Gasteiger charge is -2.20. The SMILES string of the molecule is CC[C@H](C)[C@H](NC(=O)C1CC1)c1nc(-c2cccc(Cl)c2)no1. The van der Waals surface area contributed by atoms with Crippen LogP contribution in [0.3, 0.4) is 0 Å². The van der Waals surface area contributed by atoms with Crippen molar-refractivity contribution in [2.45, 2.75) is 39.2 Å². The van der Waals surface area contributed by atoms with Gasteiger partial charge in [0.15, 0.2) is 0 Å². The Kier molecular flexibility index (Phi) is 4.66. The van der Waals surface area contributed by atoms with Gasteiger partial charge in [-0.15, -0.1) is 0 Å². The molecule has 1 aromatic carbocycles. The van der Waals surface area contributed by atoms with Crippen LogP contribution in [0.15, 0.2) is 28.8 Å². The molecule has 1 aromatic heterocycles. The Bertz CT molecular complexity index is 697. The third-order valence-electron chi connectivity index (χ3n) is 4.25. The molecule has 0 aliphatic heterocycles. The first-order valence-electron chi connectivity index (χ1n) is 7.98. The van der Waals surface area contributed by atoms with E-state index in [1.165, 1.54) is 0 Å². The van der Waals surface area contributed by atoms with Crippen LogP contribution < -0.4 is 5.32 Å². The third-order valence-corrected chi connectivity index (χ3v) is 4.48. The Morgan fingerprint density at radius 2 is 2.26 bits per heavy atom. The van der Waals surface area contributed by atoms with Crippen LogP contribution in [0.2, 0.25) is 5.02 Å². The summed E-state index contributed by atoms with van der Waals surface area (Å²) in [4.78, 5) is 16.6. The molecule has 1 saturated carbocycles. The summed E-state index contributed by atoms with van der Waals surface area (Å²) in [6, 6.07) is 7.05. The maximum absolute atomic E-state index is 12.1. The number of hydrogen-bond acceptors (Lipinski definition) is 4. The van der Waals surface area contributed by atoms with Crippen LogP contribution in [-0.4, -0.2) is 16.0 Å². The molecule has 0 saturated heterocycles. The van der Waals surface area contributed by atoms with E-state index in [9.17, 15) is 4.79 Å². The molecule has 1 N–H and O–H groups in total. The lowest BCUT2D eigenvalue weighted by atomic mass is 9.99. The van der Waals surface area contributed by atoms with Gasteiger partial charge in [0.1, 0.15) is 6.04 Å². The van der Waals surface area contributed by atoms with Crippen molar-refractivity contribution in [3.63, 3.8) is 0 Å². The van der Waals surface area contributed by atoms with E-state index in [1.54, 1.807) is 12.1 Å². The number of benzene rings is 1. The number of nitrogens with zero attached hydrogens (tertiary/aromatic N) is 2. The Hall–Kier alpha value is -1.88. The largest absolute Gasteiger partial charge is 0.344 e. The second-order valence-corrected chi connectivity index (χ2v) is 6.55. The zero-order chi connectivity index (χ0) is 16.4. The maximum Gasteiger partial charge on any atom is 0.249 e. The molecule has 0 radical (unpaired) electrons. The molecule has 1 aliphatic carbocycles. The number of amides is 1. The van der Waals surface area contributed by atoms with Crippen molar-refractivity contribution in [1.82, 2.24) is 15.5 Å². The van der Waals surface area contributed by atoms with Crippen molar-refractivity contribution in [1.29, 1.82) is 0 Å². The molecule has 1 aliphatic rings. The highest BCUT2D eigenvalue weighted by Gasteiger charge is 2.34. The predicted octanol–water partition coefficient (Wildman–Crippen LogP) is 4.00. The van der Waals surface area contributed by atoms with Crippen molar-refractivity contribution >= 4 is 17.5 Å². The van der Waals surface area contributed by atoms with E-state index in [0.29, 0.717) is 16.7 Å². The van der Waals surface area contributed by atoms with Crippen LogP contribution in [0.1, 0.15) is 45.0 Å². The fraction of sp³-hybridized carbons (Fsp3) is 0.471. The topological polar surface area (TPSA) is 68.0 Å². The zero-order valence-electron chi connectivity index (χ0n) is 13.3. The zero-order valence-corrected chi connectivity index (χ0v) is 14.0. The van der Waals surface area contributed by atoms with Gasteiger partial charge < -0.3 is 9.84 Å². The molecular formula is C17H20ClN3O2. The lowest BCUT2D eigenvalue weighted by molar-refractivity contribution is -0.123. The smallest absolute Gasteiger partial charge is 0.249 e. The minimum Gasteiger partial charge on any atom is -0.344 e. The molecule has 0 bridgehead atoms. The number of carbonyl (C=O) groups excluding carboxylic acids is 1. The quantitative estimate of drug-likeness (QED) is 0.867. The van der Waals surface area contributed by atoms with Gasteiger partial charge in [0.25, 0.3) is 0 Å². The summed E-state index contributed by atoms with van der Waals surface area (Å²) in [5.74, 6) is 1.37. The Morgan fingerprint density at radius 3 is 2.91 bits per heavy atom. The molecule has 2 atom stereocenters. The molecule has 1 heterocycles. The van der Waals surface area contributed by atoms with Crippen molar-refractivity contribution in [3.8, 4) is 11.4 Å². The monoisotopic (exact) mass is 333 g/mol. The van der Waals surface area contributed by atoms with E-state index < -0.39 is 0 Å². The number of rotatable bonds is 6. The Morgan fingerprint density at radius 1 is 1.48 bits per heavy atom. The first-order chi connectivity index (χ1) is 11.1. The number of nitrogens with one attached hydrogen (secondary N) is 1. The number of carbonyl (C=O) groups is 1. The molecule has 5 nitrogen and oxygen atoms in total. The highest BCUT2D eigenvalue weighted by atomic mass is 35.5. The van der Waals surface area contributed by atoms with Gasteiger partial charge in [0.05, 0.1) is 0 Å². The molecule has 0 spiro atoms. The Balaban J connectivity index is 1.83. The van der Waals surface area contributed by atoms with Gasteiger partial charge in [-0.3, -0.25) is 4.79 Å². The molecule has 23 heavy (non-hydrogen) atoms. The molecule has 1 amide bonds. The first kappa shape index (κ1) is 16.0. The van der Waals surface area contributed by atoms with Gasteiger partial charge in [-0.05, 0) is 30.9 Å². The summed E-state index contributed by atoms with van der Waals surface area (Å²) in [6.07, 6.45) is 2.85. The third kappa shape index (κ3) is 3.72. The van der Waals surface area contributed by atoms with Gasteiger partial charge in [-0.2, -0.15) is 4.98 Å². The van der Waals surface area contributed by atoms with Crippen molar-refractivity contribution in [2.24, 2.45) is 11.8 Å². The van der Waals surface area contributed by atoms with Crippen LogP contribution in [0.5, 0.6) is 0 Å². The lowest BCUT2D eigenvalue weighted by Crippen LogP contribution is -2.33. The average molecular weight is 334 g/mol. The predicted molar refractivity (Wildman–Crippen MR) is 87.8 cm³/mol. The highest BCUT2D eigenvalue weighted by Crippen LogP contribution is 2.32. The number of hydrogen-bond donors (Lipinski definition) is 1. The van der Waals surface area contributed by atoms with E-state index in [-0.39, 0.29) is 23.8 Å². The van der Waals surface area contributed by atoms with Gasteiger partial charge >= 0.3 is 0 Å². The first-order valence-corrected chi connectivity index (χ1v) is 8.36. The molecule has 0 unspecified atom stereocenters. The molecular weight excluding hydrogens is 314 g/mol. The van der Waals surface area contributed by atoms with Crippen molar-refractivity contribution in [2.75, 3.05) is 0 Å². The molecule has 1 fully saturated rings. The number of aromatic nitrogens is 2. The average Bonchev–Trinajstić information content (AvgIpc) is 3.29. The highest BCUT2D eigenvalue weighted by molar-refractivity contribution is 6.30. The van der Waals surface area contributed by atoms with Crippen molar-refractivity contribution < 1.29 is 9.32 Å². The summed E-state index contributed by atoms with van der Waals surface area (Å²) in [7, 11) is 0. The maximum atomic E-state index is 12.1. The van der Waals surface area contributed by atoms with E-state index in [0.717, 1.165) is 24.8 Å². The second kappa shape index (κ2) is 6.71. The summed E-state index contributed by atoms with van der Waals surface area (Å²) < 4.78 is 5.43. The fourth-order valence-corrected chi connectivity index (χ4v) is 2.60. The minimum atomic E-state index is -0.256. The molecule has 3 rings (SSSR count). The summed E-state index contributed by atoms with van der Waals surface area (Å²) >= 11 is 6.00. The van der Waals surface area contributed by atoms with Crippen LogP contribution in [-0.2, 0) is 4.79 Å². The molecule has 6 heteroatoms. The number of halogens is 1. The summed E-state index contributed by atoms with van der Waals surface area (Å²) in [5.41, 5.74) is 0.795. The van der Waals surface area contributed by atoms with Gasteiger partial charge in [-0.1, -0.05) is 49.2 Å². The van der Waals surface area contributed by atoms with Crippen LogP contribution >= 0.6 is 11.6 Å². The summed E-state index contributed by atoms with van der Waals surface area (Å²) in [5, 5.41) is 7.72. The second-order valence-electron chi connectivity index (χ2n) is 6.11. The summed E-state index contributed by atoms with van der Waals surface area (Å²) in [6.45, 7) is 4.15. The standard InChI is InChI=1S/C17H20ClN3O2/c1-3-10(2)14(19-16(22)11-7-8-11)17-20-15(21-23-17)12-5-4-6-13(18)9-12/h4-6,9-11,14H,3,7-8H2,1-2H3,(H,19,22)/t10-,14-/m0/s1. The molecule has 2 aromatic rings. The van der Waals surface area contributed by atoms with Crippen LogP contribution in [0.25, 0.3) is 11.4 Å². The molecule has 122 valence electrons. The van der Waals surface area contributed by atoms with Gasteiger partial charge in [0, 0.05) is 16.5 Å². The minimum absolute atomic E-state index is 0.0813. The van der Waals surface area contributed by atoms with Crippen LogP contribution in [0.4, 0.5) is 0 Å². The fourth-order valence-electron chi connectivity index (χ4n) is 2.41. The van der Waals surface area contributed by atoms with E-state index >= 15 is 0 Å². The van der Waals surface area contributed by atoms with Crippen LogP contribution in [0, 0.1) is 11.8 Å². The van der Waals surface area contributed by atoms with E-state index in [2.05, 4.69) is 29.3 Å². The normalized spacial score (nSPS) is 16.8. The Labute approximate surface area is 140 Å². The van der Waals surface area contributed by atoms with Gasteiger partial charge in [-0.25, -0.2) is 0 Å². The van der Waals surface area contributed by atoms with Gasteiger partial charge in [0.2, 0.25) is 17.6 Å². The van der Waals surface area contributed by atoms with Crippen molar-refractivity contribution in [3.05, 3.63) is 35.2 Å². The van der Waals surface area contributed by atoms with E-state index in [4.69, 9.17) is 16.1 Å². The van der Waals surface area contributed by atoms with E-state index in [1.807, 2.05) is 12.1 Å².